The Morgan fingerprint density at radius 3 is 2.64 bits per heavy atom. The molecule has 0 atom stereocenters. The van der Waals surface area contributed by atoms with E-state index in [4.69, 9.17) is 0 Å². The Kier molecular flexibility index (Phi) is 9.28. The lowest BCUT2D eigenvalue weighted by Gasteiger charge is -2.34. The Bertz CT molecular complexity index is 1400. The molecule has 10 heteroatoms. The van der Waals surface area contributed by atoms with Crippen LogP contribution in [0.4, 0.5) is 0 Å². The van der Waals surface area contributed by atoms with Crippen LogP contribution in [0.15, 0.2) is 41.2 Å². The summed E-state index contributed by atoms with van der Waals surface area (Å²) in [6, 6.07) is 11.9. The van der Waals surface area contributed by atoms with Crippen molar-refractivity contribution in [3.05, 3.63) is 57.5 Å². The number of carbonyl (C=O) groups is 1. The number of hydrogen-bond donors (Lipinski definition) is 5. The molecule has 0 bridgehead atoms. The highest BCUT2D eigenvalue weighted by atomic mass is 32.1. The van der Waals surface area contributed by atoms with Gasteiger partial charge in [-0.1, -0.05) is 48.8 Å². The zero-order valence-electron chi connectivity index (χ0n) is 22.3. The number of imidazole rings is 1. The summed E-state index contributed by atoms with van der Waals surface area (Å²) in [6.07, 6.45) is 7.85. The van der Waals surface area contributed by atoms with Crippen molar-refractivity contribution in [2.75, 3.05) is 32.7 Å². The Balaban J connectivity index is 1.06. The molecule has 1 aliphatic carbocycles. The summed E-state index contributed by atoms with van der Waals surface area (Å²) in [6.45, 7) is 3.60. The van der Waals surface area contributed by atoms with Gasteiger partial charge >= 0.3 is 4.87 Å². The van der Waals surface area contributed by atoms with E-state index in [9.17, 15) is 14.7 Å². The molecule has 1 fully saturated rings. The molecule has 4 aromatic rings. The number of para-hydroxylation sites is 2. The van der Waals surface area contributed by atoms with Crippen LogP contribution in [0.5, 0.6) is 5.75 Å². The molecule has 0 saturated heterocycles. The van der Waals surface area contributed by atoms with Gasteiger partial charge in [-0.05, 0) is 49.6 Å². The molecule has 1 amide bonds. The van der Waals surface area contributed by atoms with E-state index in [0.29, 0.717) is 31.1 Å². The summed E-state index contributed by atoms with van der Waals surface area (Å²) >= 11 is 1.13. The van der Waals surface area contributed by atoms with E-state index in [1.807, 2.05) is 30.3 Å². The second-order valence-corrected chi connectivity index (χ2v) is 11.3. The highest BCUT2D eigenvalue weighted by molar-refractivity contribution is 7.16. The molecule has 5 rings (SSSR count). The van der Waals surface area contributed by atoms with Gasteiger partial charge in [-0.2, -0.15) is 0 Å². The number of H-pyrrole nitrogens is 2. The number of hydrogen-bond acceptors (Lipinski definition) is 7. The third kappa shape index (κ3) is 7.06. The van der Waals surface area contributed by atoms with Crippen molar-refractivity contribution in [1.29, 1.82) is 0 Å². The third-order valence-corrected chi connectivity index (χ3v) is 8.53. The van der Waals surface area contributed by atoms with Gasteiger partial charge in [0.25, 0.3) is 0 Å². The van der Waals surface area contributed by atoms with E-state index in [1.54, 1.807) is 6.07 Å². The van der Waals surface area contributed by atoms with Crippen molar-refractivity contribution >= 4 is 38.5 Å². The first-order chi connectivity index (χ1) is 19.1. The van der Waals surface area contributed by atoms with E-state index in [1.165, 1.54) is 19.3 Å². The number of benzene rings is 2. The summed E-state index contributed by atoms with van der Waals surface area (Å²) in [7, 11) is 0. The number of nitrogens with one attached hydrogen (secondary N) is 4. The minimum atomic E-state index is -0.161. The maximum Gasteiger partial charge on any atom is 0.305 e. The molecule has 0 radical (unpaired) electrons. The second-order valence-electron chi connectivity index (χ2n) is 10.3. The molecule has 0 unspecified atom stereocenters. The lowest BCUT2D eigenvalue weighted by atomic mass is 9.94. The van der Waals surface area contributed by atoms with Crippen LogP contribution in [0, 0.1) is 0 Å². The van der Waals surface area contributed by atoms with Gasteiger partial charge in [0, 0.05) is 45.1 Å². The van der Waals surface area contributed by atoms with Gasteiger partial charge in [-0.15, -0.1) is 0 Å². The highest BCUT2D eigenvalue weighted by Gasteiger charge is 2.24. The van der Waals surface area contributed by atoms with Gasteiger partial charge in [0.1, 0.15) is 17.1 Å². The fourth-order valence-electron chi connectivity index (χ4n) is 5.52. The number of phenolic OH excluding ortho intramolecular Hbond substituents is 1. The van der Waals surface area contributed by atoms with Crippen LogP contribution in [0.1, 0.15) is 49.9 Å². The van der Waals surface area contributed by atoms with Gasteiger partial charge in [-0.25, -0.2) is 4.98 Å². The summed E-state index contributed by atoms with van der Waals surface area (Å²) in [5, 5.41) is 16.9. The number of aromatic nitrogens is 3. The smallest absolute Gasteiger partial charge is 0.305 e. The quantitative estimate of drug-likeness (QED) is 0.162. The Morgan fingerprint density at radius 1 is 1.00 bits per heavy atom. The second kappa shape index (κ2) is 13.2. The molecule has 2 aromatic carbocycles. The molecule has 208 valence electrons. The zero-order valence-corrected chi connectivity index (χ0v) is 23.1. The fraction of sp³-hybridized carbons (Fsp3) is 0.483. The topological polar surface area (TPSA) is 126 Å². The molecule has 0 spiro atoms. The van der Waals surface area contributed by atoms with E-state index in [0.717, 1.165) is 83.8 Å². The van der Waals surface area contributed by atoms with Crippen molar-refractivity contribution in [2.45, 2.75) is 57.4 Å². The minimum absolute atomic E-state index is 0.103. The van der Waals surface area contributed by atoms with Crippen LogP contribution in [-0.2, 0) is 17.6 Å². The number of thiazole rings is 1. The Labute approximate surface area is 232 Å². The lowest BCUT2D eigenvalue weighted by molar-refractivity contribution is -0.134. The predicted octanol–water partition coefficient (Wildman–Crippen LogP) is 3.69. The number of carbonyl (C=O) groups excluding carboxylic acids is 1. The Hall–Kier alpha value is -3.21. The molecule has 9 nitrogen and oxygen atoms in total. The zero-order chi connectivity index (χ0) is 27.0. The van der Waals surface area contributed by atoms with Crippen LogP contribution in [-0.4, -0.2) is 69.6 Å². The van der Waals surface area contributed by atoms with E-state index >= 15 is 0 Å². The fourth-order valence-corrected chi connectivity index (χ4v) is 6.41. The van der Waals surface area contributed by atoms with Crippen LogP contribution in [0.3, 0.4) is 0 Å². The largest absolute Gasteiger partial charge is 0.506 e. The predicted molar refractivity (Wildman–Crippen MR) is 157 cm³/mol. The average molecular weight is 551 g/mol. The van der Waals surface area contributed by atoms with Gasteiger partial charge in [0.2, 0.25) is 5.91 Å². The maximum atomic E-state index is 13.2. The monoisotopic (exact) mass is 550 g/mol. The summed E-state index contributed by atoms with van der Waals surface area (Å²) in [4.78, 5) is 37.6. The molecule has 5 N–H and O–H groups in total. The molecule has 0 aliphatic heterocycles. The normalized spacial score (nSPS) is 14.4. The minimum Gasteiger partial charge on any atom is -0.506 e. The summed E-state index contributed by atoms with van der Waals surface area (Å²) in [5.74, 6) is 1.28. The van der Waals surface area contributed by atoms with E-state index in [-0.39, 0.29) is 16.5 Å². The van der Waals surface area contributed by atoms with Crippen molar-refractivity contribution in [3.8, 4) is 5.75 Å². The molecule has 2 heterocycles. The summed E-state index contributed by atoms with van der Waals surface area (Å²) < 4.78 is 0.814. The first-order valence-corrected chi connectivity index (χ1v) is 14.9. The Morgan fingerprint density at radius 2 is 1.79 bits per heavy atom. The van der Waals surface area contributed by atoms with Crippen molar-refractivity contribution in [2.24, 2.45) is 0 Å². The highest BCUT2D eigenvalue weighted by Crippen LogP contribution is 2.28. The van der Waals surface area contributed by atoms with Crippen LogP contribution in [0.25, 0.3) is 21.3 Å². The average Bonchev–Trinajstić information content (AvgIpc) is 3.55. The van der Waals surface area contributed by atoms with Gasteiger partial charge in [0.15, 0.2) is 0 Å². The van der Waals surface area contributed by atoms with Crippen LogP contribution >= 0.6 is 11.3 Å². The molecule has 1 aliphatic rings. The number of amides is 1. The number of fused-ring (bicyclic) bond motifs is 2. The molecule has 1 saturated carbocycles. The van der Waals surface area contributed by atoms with Gasteiger partial charge in [0.05, 0.1) is 15.7 Å². The van der Waals surface area contributed by atoms with Crippen molar-refractivity contribution < 1.29 is 9.90 Å². The molecular weight excluding hydrogens is 512 g/mol. The summed E-state index contributed by atoms with van der Waals surface area (Å²) in [5.41, 5.74) is 3.59. The maximum absolute atomic E-state index is 13.2. The first kappa shape index (κ1) is 27.4. The standard InChI is InChI=1S/C29H38N6O3S/c36-24-11-10-20(28-27(24)34-29(38)39-28)12-15-31-18-19-35(21-6-2-1-3-7-21)26(37)14-17-30-16-13-25-32-22-8-4-5-9-23(22)33-25/h4-5,8-11,21,30-31,36H,1-3,6-7,12-19H2,(H,32,33)(H,34,38). The van der Waals surface area contributed by atoms with Crippen LogP contribution < -0.4 is 15.5 Å². The van der Waals surface area contributed by atoms with Crippen molar-refractivity contribution in [1.82, 2.24) is 30.5 Å². The van der Waals surface area contributed by atoms with Gasteiger partial charge in [-0.3, -0.25) is 9.59 Å². The lowest BCUT2D eigenvalue weighted by Crippen LogP contribution is -2.45. The number of aromatic hydroxyl groups is 1. The molecular formula is C29H38N6O3S. The third-order valence-electron chi connectivity index (χ3n) is 7.57. The van der Waals surface area contributed by atoms with Crippen LogP contribution in [0.2, 0.25) is 0 Å². The van der Waals surface area contributed by atoms with Crippen molar-refractivity contribution in [3.63, 3.8) is 0 Å². The van der Waals surface area contributed by atoms with Gasteiger partial charge < -0.3 is 30.6 Å². The molecule has 2 aromatic heterocycles. The van der Waals surface area contributed by atoms with E-state index in [2.05, 4.69) is 30.5 Å². The number of aromatic amines is 2. The molecule has 39 heavy (non-hydrogen) atoms. The van der Waals surface area contributed by atoms with E-state index < -0.39 is 0 Å². The first-order valence-electron chi connectivity index (χ1n) is 14.1. The number of nitrogens with zero attached hydrogens (tertiary/aromatic N) is 2. The number of phenols is 1. The SMILES string of the molecule is O=C(CCNCCc1nc2ccccc2[nH]1)N(CCNCCc1ccc(O)c2[nH]c(=O)sc12)C1CCCCC1. The number of rotatable bonds is 13.